The molecule has 1 aromatic rings. The van der Waals surface area contributed by atoms with Gasteiger partial charge in [0.05, 0.1) is 14.9 Å². The van der Waals surface area contributed by atoms with Crippen LogP contribution in [0, 0.1) is 6.07 Å². The molecule has 2 nitrogen and oxygen atoms in total. The maximum atomic E-state index is 10.4. The molecule has 0 amide bonds. The first kappa shape index (κ1) is 8.84. The summed E-state index contributed by atoms with van der Waals surface area (Å²) in [6.07, 6.45) is 0. The second kappa shape index (κ2) is 3.43. The van der Waals surface area contributed by atoms with E-state index in [0.717, 1.165) is 0 Å². The number of thiol groups is 1. The summed E-state index contributed by atoms with van der Waals surface area (Å²) in [7, 11) is -2.65. The molecule has 0 saturated carbocycles. The van der Waals surface area contributed by atoms with Crippen molar-refractivity contribution in [3.05, 3.63) is 28.2 Å². The summed E-state index contributed by atoms with van der Waals surface area (Å²) in [6, 6.07) is 5.23. The molecule has 0 heterocycles. The lowest BCUT2D eigenvalue weighted by atomic mass is 10.4. The zero-order chi connectivity index (χ0) is 8.43. The van der Waals surface area contributed by atoms with E-state index < -0.39 is 10.7 Å². The van der Waals surface area contributed by atoms with Gasteiger partial charge in [-0.1, -0.05) is 23.2 Å². The van der Waals surface area contributed by atoms with Gasteiger partial charge in [-0.3, -0.25) is 0 Å². The SMILES string of the molecule is O=[SH](=O)c1ccc(Cl)[c]c1Cl. The van der Waals surface area contributed by atoms with E-state index in [1.165, 1.54) is 12.1 Å². The minimum atomic E-state index is -2.65. The van der Waals surface area contributed by atoms with E-state index in [-0.39, 0.29) is 9.92 Å². The van der Waals surface area contributed by atoms with Crippen molar-refractivity contribution >= 4 is 33.9 Å². The Kier molecular flexibility index (Phi) is 2.76. The van der Waals surface area contributed by atoms with E-state index in [0.29, 0.717) is 5.02 Å². The fourth-order valence-electron chi connectivity index (χ4n) is 0.577. The van der Waals surface area contributed by atoms with Crippen molar-refractivity contribution in [3.63, 3.8) is 0 Å². The lowest BCUT2D eigenvalue weighted by Crippen LogP contribution is -1.81. The number of rotatable bonds is 1. The molecule has 0 aliphatic heterocycles. The molecule has 0 unspecified atom stereocenters. The Morgan fingerprint density at radius 2 is 1.91 bits per heavy atom. The molecule has 0 aliphatic carbocycles. The van der Waals surface area contributed by atoms with Crippen LogP contribution in [0.25, 0.3) is 0 Å². The van der Waals surface area contributed by atoms with Crippen LogP contribution < -0.4 is 0 Å². The third-order valence-corrected chi connectivity index (χ3v) is 2.45. The zero-order valence-corrected chi connectivity index (χ0v) is 7.58. The van der Waals surface area contributed by atoms with Crippen molar-refractivity contribution in [3.8, 4) is 0 Å². The summed E-state index contributed by atoms with van der Waals surface area (Å²) in [5.74, 6) is 0. The predicted molar refractivity (Wildman–Crippen MR) is 43.9 cm³/mol. The van der Waals surface area contributed by atoms with Gasteiger partial charge in [0.15, 0.2) is 10.7 Å². The van der Waals surface area contributed by atoms with E-state index in [4.69, 9.17) is 23.2 Å². The maximum absolute atomic E-state index is 10.4. The Morgan fingerprint density at radius 3 is 2.36 bits per heavy atom. The first-order chi connectivity index (χ1) is 5.11. The molecular formula is C6H3Cl2O2S. The molecular weight excluding hydrogens is 207 g/mol. The highest BCUT2D eigenvalue weighted by molar-refractivity contribution is 7.72. The average Bonchev–Trinajstić information content (AvgIpc) is 1.85. The molecule has 0 bridgehead atoms. The fraction of sp³-hybridized carbons (Fsp3) is 0. The summed E-state index contributed by atoms with van der Waals surface area (Å²) in [5.41, 5.74) is 0. The summed E-state index contributed by atoms with van der Waals surface area (Å²) in [5, 5.41) is 0.337. The molecule has 0 aromatic heterocycles. The van der Waals surface area contributed by atoms with Crippen LogP contribution in [0.4, 0.5) is 0 Å². The molecule has 11 heavy (non-hydrogen) atoms. The third-order valence-electron chi connectivity index (χ3n) is 1.04. The van der Waals surface area contributed by atoms with E-state index in [9.17, 15) is 8.42 Å². The zero-order valence-electron chi connectivity index (χ0n) is 5.17. The van der Waals surface area contributed by atoms with Crippen molar-refractivity contribution in [1.29, 1.82) is 0 Å². The highest BCUT2D eigenvalue weighted by atomic mass is 35.5. The van der Waals surface area contributed by atoms with Gasteiger partial charge in [-0.05, 0) is 12.1 Å². The highest BCUT2D eigenvalue weighted by Gasteiger charge is 2.02. The Labute approximate surface area is 75.7 Å². The number of hydrogen-bond acceptors (Lipinski definition) is 2. The van der Waals surface area contributed by atoms with Crippen LogP contribution in [0.5, 0.6) is 0 Å². The highest BCUT2D eigenvalue weighted by Crippen LogP contribution is 2.20. The lowest BCUT2D eigenvalue weighted by Gasteiger charge is -1.93. The second-order valence-electron chi connectivity index (χ2n) is 1.76. The van der Waals surface area contributed by atoms with Crippen LogP contribution in [0.2, 0.25) is 10.0 Å². The predicted octanol–water partition coefficient (Wildman–Crippen LogP) is 1.76. The molecule has 0 spiro atoms. The van der Waals surface area contributed by atoms with E-state index >= 15 is 0 Å². The molecule has 0 atom stereocenters. The van der Waals surface area contributed by atoms with Crippen LogP contribution in [-0.2, 0) is 10.7 Å². The quantitative estimate of drug-likeness (QED) is 0.716. The third kappa shape index (κ3) is 2.09. The van der Waals surface area contributed by atoms with Gasteiger partial charge >= 0.3 is 0 Å². The maximum Gasteiger partial charge on any atom is 0.169 e. The topological polar surface area (TPSA) is 34.1 Å². The molecule has 1 aromatic carbocycles. The van der Waals surface area contributed by atoms with E-state index in [1.807, 2.05) is 0 Å². The average molecular weight is 210 g/mol. The fourth-order valence-corrected chi connectivity index (χ4v) is 1.57. The summed E-state index contributed by atoms with van der Waals surface area (Å²) in [4.78, 5) is 0.0473. The summed E-state index contributed by atoms with van der Waals surface area (Å²) in [6.45, 7) is 0. The van der Waals surface area contributed by atoms with Crippen LogP contribution in [0.15, 0.2) is 17.0 Å². The minimum Gasteiger partial charge on any atom is -0.227 e. The van der Waals surface area contributed by atoms with Crippen molar-refractivity contribution < 1.29 is 8.42 Å². The number of benzene rings is 1. The number of hydrogen-bond donors (Lipinski definition) is 1. The molecule has 0 fully saturated rings. The second-order valence-corrected chi connectivity index (χ2v) is 3.54. The van der Waals surface area contributed by atoms with E-state index in [1.54, 1.807) is 0 Å². The Balaban J connectivity index is 3.31. The van der Waals surface area contributed by atoms with Crippen LogP contribution in [0.1, 0.15) is 0 Å². The molecule has 0 saturated heterocycles. The Morgan fingerprint density at radius 1 is 1.27 bits per heavy atom. The largest absolute Gasteiger partial charge is 0.227 e. The molecule has 1 rings (SSSR count). The first-order valence-electron chi connectivity index (χ1n) is 2.63. The monoisotopic (exact) mass is 209 g/mol. The van der Waals surface area contributed by atoms with Gasteiger partial charge in [-0.2, -0.15) is 0 Å². The van der Waals surface area contributed by atoms with Gasteiger partial charge in [0.1, 0.15) is 0 Å². The van der Waals surface area contributed by atoms with E-state index in [2.05, 4.69) is 6.07 Å². The van der Waals surface area contributed by atoms with Crippen LogP contribution in [-0.4, -0.2) is 8.42 Å². The van der Waals surface area contributed by atoms with Gasteiger partial charge in [0.25, 0.3) is 0 Å². The molecule has 59 valence electrons. The van der Waals surface area contributed by atoms with Gasteiger partial charge in [-0.15, -0.1) is 0 Å². The first-order valence-corrected chi connectivity index (χ1v) is 4.56. The smallest absolute Gasteiger partial charge is 0.169 e. The van der Waals surface area contributed by atoms with Crippen molar-refractivity contribution in [2.75, 3.05) is 0 Å². The lowest BCUT2D eigenvalue weighted by molar-refractivity contribution is 0.614. The van der Waals surface area contributed by atoms with Gasteiger partial charge in [0, 0.05) is 6.07 Å². The van der Waals surface area contributed by atoms with Crippen LogP contribution >= 0.6 is 23.2 Å². The Hall–Kier alpha value is -0.250. The molecule has 1 radical (unpaired) electrons. The molecule has 0 N–H and O–H groups in total. The van der Waals surface area contributed by atoms with Gasteiger partial charge < -0.3 is 0 Å². The van der Waals surface area contributed by atoms with Crippen molar-refractivity contribution in [2.24, 2.45) is 0 Å². The minimum absolute atomic E-state index is 0.0358. The Bertz CT molecular complexity index is 338. The van der Waals surface area contributed by atoms with Gasteiger partial charge in [0.2, 0.25) is 0 Å². The van der Waals surface area contributed by atoms with Crippen molar-refractivity contribution in [2.45, 2.75) is 4.90 Å². The molecule has 0 aliphatic rings. The van der Waals surface area contributed by atoms with Crippen molar-refractivity contribution in [1.82, 2.24) is 0 Å². The number of halogens is 2. The standard InChI is InChI=1S/C6H3Cl2O2S/c7-4-1-2-6(11(9)10)5(8)3-4/h1-2,11H. The summed E-state index contributed by atoms with van der Waals surface area (Å²) < 4.78 is 20.8. The van der Waals surface area contributed by atoms with Crippen LogP contribution in [0.3, 0.4) is 0 Å². The van der Waals surface area contributed by atoms with Gasteiger partial charge in [-0.25, -0.2) is 8.42 Å². The molecule has 5 heteroatoms. The normalized spacial score (nSPS) is 10.5. The summed E-state index contributed by atoms with van der Waals surface area (Å²) >= 11 is 11.0.